The van der Waals surface area contributed by atoms with Crippen LogP contribution in [-0.4, -0.2) is 17.3 Å². The first-order chi connectivity index (χ1) is 5.37. The highest BCUT2D eigenvalue weighted by molar-refractivity contribution is 6.35. The molecule has 1 N–H and O–H groups in total. The molecule has 0 unspecified atom stereocenters. The Hall–Kier alpha value is -0.860. The third-order valence-electron chi connectivity index (χ3n) is 1.05. The molecule has 0 aromatic rings. The van der Waals surface area contributed by atoms with Crippen LogP contribution in [0.1, 0.15) is 34.1 Å². The molecule has 0 amide bonds. The molecule has 0 aliphatic rings. The largest absolute Gasteiger partial charge is 0.456 e. The molecule has 0 aromatic carbocycles. The quantitative estimate of drug-likeness (QED) is 0.520. The van der Waals surface area contributed by atoms with Gasteiger partial charge < -0.3 is 4.74 Å². The average molecular weight is 170 g/mol. The minimum absolute atomic E-state index is 0.00687. The van der Waals surface area contributed by atoms with E-state index in [1.807, 2.05) is 0 Å². The van der Waals surface area contributed by atoms with Crippen LogP contribution in [0.2, 0.25) is 0 Å². The minimum atomic E-state index is -0.527. The summed E-state index contributed by atoms with van der Waals surface area (Å²) in [5, 5.41) is 7.27. The maximum Gasteiger partial charge on any atom is 0.352 e. The number of esters is 1. The topological polar surface area (TPSA) is 50.2 Å². The van der Waals surface area contributed by atoms with Crippen molar-refractivity contribution in [2.75, 3.05) is 0 Å². The normalized spacial score (nSPS) is 11.0. The van der Waals surface area contributed by atoms with E-state index >= 15 is 0 Å². The lowest BCUT2D eigenvalue weighted by Crippen LogP contribution is -2.28. The number of carbonyl (C=O) groups is 1. The van der Waals surface area contributed by atoms with Crippen molar-refractivity contribution in [3.05, 3.63) is 6.42 Å². The van der Waals surface area contributed by atoms with Crippen LogP contribution < -0.4 is 0 Å². The van der Waals surface area contributed by atoms with Crippen LogP contribution in [0, 0.1) is 11.8 Å². The molecule has 0 aromatic heterocycles. The van der Waals surface area contributed by atoms with Gasteiger partial charge in [-0.15, -0.1) is 0 Å². The molecule has 0 bridgehead atoms. The van der Waals surface area contributed by atoms with Crippen molar-refractivity contribution in [2.24, 2.45) is 0 Å². The molecule has 0 aliphatic carbocycles. The second kappa shape index (κ2) is 4.24. The van der Waals surface area contributed by atoms with E-state index < -0.39 is 11.6 Å². The smallest absolute Gasteiger partial charge is 0.352 e. The predicted molar refractivity (Wildman–Crippen MR) is 48.2 cm³/mol. The van der Waals surface area contributed by atoms with Gasteiger partial charge in [0.05, 0.1) is 0 Å². The molecular formula is C9H16NO2. The van der Waals surface area contributed by atoms with Gasteiger partial charge in [0.2, 0.25) is 0 Å². The van der Waals surface area contributed by atoms with Gasteiger partial charge in [-0.25, -0.2) is 4.79 Å². The summed E-state index contributed by atoms with van der Waals surface area (Å²) in [4.78, 5) is 11.1. The van der Waals surface area contributed by atoms with Crippen molar-refractivity contribution >= 4 is 11.7 Å². The maximum absolute atomic E-state index is 11.1. The average Bonchev–Trinajstić information content (AvgIpc) is 1.84. The molecule has 1 radical (unpaired) electrons. The van der Waals surface area contributed by atoms with E-state index in [4.69, 9.17) is 10.1 Å². The molecule has 0 aliphatic heterocycles. The summed E-state index contributed by atoms with van der Waals surface area (Å²) in [6.45, 7) is 7.16. The first-order valence-electron chi connectivity index (χ1n) is 3.95. The predicted octanol–water partition coefficient (Wildman–Crippen LogP) is 1.96. The summed E-state index contributed by atoms with van der Waals surface area (Å²) in [6, 6.07) is 0. The summed E-state index contributed by atoms with van der Waals surface area (Å²) in [7, 11) is 0. The monoisotopic (exact) mass is 170 g/mol. The Morgan fingerprint density at radius 1 is 1.50 bits per heavy atom. The zero-order valence-electron chi connectivity index (χ0n) is 8.10. The first-order valence-corrected chi connectivity index (χ1v) is 3.95. The van der Waals surface area contributed by atoms with E-state index in [9.17, 15) is 4.79 Å². The molecule has 0 saturated heterocycles. The van der Waals surface area contributed by atoms with Gasteiger partial charge in [0.15, 0.2) is 0 Å². The van der Waals surface area contributed by atoms with Gasteiger partial charge in [-0.05, 0) is 33.6 Å². The lowest BCUT2D eigenvalue weighted by molar-refractivity contribution is -0.146. The Morgan fingerprint density at radius 2 is 2.00 bits per heavy atom. The fourth-order valence-corrected chi connectivity index (χ4v) is 0.627. The summed E-state index contributed by atoms with van der Waals surface area (Å²) in [6.07, 6.45) is 2.13. The van der Waals surface area contributed by atoms with Crippen molar-refractivity contribution in [3.8, 4) is 0 Å². The summed E-state index contributed by atoms with van der Waals surface area (Å²) < 4.78 is 4.97. The van der Waals surface area contributed by atoms with E-state index in [1.54, 1.807) is 34.1 Å². The SMILES string of the molecule is C[CH]CC(=N)C(=O)OC(C)(C)C. The highest BCUT2D eigenvalue weighted by atomic mass is 16.6. The number of carbonyl (C=O) groups excluding carboxylic acids is 1. The zero-order valence-corrected chi connectivity index (χ0v) is 8.10. The van der Waals surface area contributed by atoms with Crippen LogP contribution in [0.4, 0.5) is 0 Å². The van der Waals surface area contributed by atoms with Gasteiger partial charge in [0.25, 0.3) is 0 Å². The van der Waals surface area contributed by atoms with Gasteiger partial charge >= 0.3 is 5.97 Å². The Labute approximate surface area is 73.6 Å². The van der Waals surface area contributed by atoms with Crippen molar-refractivity contribution < 1.29 is 9.53 Å². The standard InChI is InChI=1S/C9H16NO2/c1-5-6-7(10)8(11)12-9(2,3)4/h5,10H,6H2,1-4H3. The van der Waals surface area contributed by atoms with E-state index in [0.29, 0.717) is 6.42 Å². The zero-order chi connectivity index (χ0) is 9.78. The van der Waals surface area contributed by atoms with Crippen LogP contribution in [0.25, 0.3) is 0 Å². The molecule has 0 rings (SSSR count). The second-order valence-corrected chi connectivity index (χ2v) is 3.59. The Bertz CT molecular complexity index is 179. The van der Waals surface area contributed by atoms with Gasteiger partial charge in [-0.3, -0.25) is 5.41 Å². The molecule has 3 nitrogen and oxygen atoms in total. The molecular weight excluding hydrogens is 154 g/mol. The third kappa shape index (κ3) is 4.88. The molecule has 0 atom stereocenters. The fraction of sp³-hybridized carbons (Fsp3) is 0.667. The van der Waals surface area contributed by atoms with Crippen molar-refractivity contribution in [3.63, 3.8) is 0 Å². The molecule has 69 valence electrons. The Morgan fingerprint density at radius 3 is 2.33 bits per heavy atom. The number of hydrogen-bond acceptors (Lipinski definition) is 3. The van der Waals surface area contributed by atoms with Crippen LogP contribution in [0.15, 0.2) is 0 Å². The number of hydrogen-bond donors (Lipinski definition) is 1. The molecule has 0 spiro atoms. The lowest BCUT2D eigenvalue weighted by Gasteiger charge is -2.19. The highest BCUT2D eigenvalue weighted by Crippen LogP contribution is 2.08. The van der Waals surface area contributed by atoms with Gasteiger partial charge in [-0.1, -0.05) is 6.92 Å². The maximum atomic E-state index is 11.1. The molecule has 12 heavy (non-hydrogen) atoms. The molecule has 0 saturated carbocycles. The Kier molecular flexibility index (Phi) is 3.93. The van der Waals surface area contributed by atoms with Crippen molar-refractivity contribution in [1.82, 2.24) is 0 Å². The van der Waals surface area contributed by atoms with Crippen LogP contribution in [0.3, 0.4) is 0 Å². The van der Waals surface area contributed by atoms with Gasteiger partial charge in [-0.2, -0.15) is 0 Å². The summed E-state index contributed by atoms with van der Waals surface area (Å²) in [5.41, 5.74) is -0.496. The number of ether oxygens (including phenoxy) is 1. The van der Waals surface area contributed by atoms with E-state index in [0.717, 1.165) is 0 Å². The number of rotatable bonds is 3. The summed E-state index contributed by atoms with van der Waals surface area (Å²) >= 11 is 0. The van der Waals surface area contributed by atoms with Crippen molar-refractivity contribution in [1.29, 1.82) is 5.41 Å². The molecule has 0 fully saturated rings. The highest BCUT2D eigenvalue weighted by Gasteiger charge is 2.18. The van der Waals surface area contributed by atoms with E-state index in [1.165, 1.54) is 0 Å². The van der Waals surface area contributed by atoms with Gasteiger partial charge in [0.1, 0.15) is 11.3 Å². The van der Waals surface area contributed by atoms with Crippen LogP contribution >= 0.6 is 0 Å². The number of nitrogens with one attached hydrogen (secondary N) is 1. The first kappa shape index (κ1) is 11.1. The molecule has 0 heterocycles. The van der Waals surface area contributed by atoms with E-state index in [2.05, 4.69) is 0 Å². The summed E-state index contributed by atoms with van der Waals surface area (Å²) in [5.74, 6) is -0.527. The van der Waals surface area contributed by atoms with Crippen LogP contribution in [0.5, 0.6) is 0 Å². The van der Waals surface area contributed by atoms with E-state index in [-0.39, 0.29) is 5.71 Å². The third-order valence-corrected chi connectivity index (χ3v) is 1.05. The minimum Gasteiger partial charge on any atom is -0.456 e. The van der Waals surface area contributed by atoms with Crippen molar-refractivity contribution in [2.45, 2.75) is 39.7 Å². The lowest BCUT2D eigenvalue weighted by atomic mass is 10.2. The fourth-order valence-electron chi connectivity index (χ4n) is 0.627. The van der Waals surface area contributed by atoms with Crippen LogP contribution in [-0.2, 0) is 9.53 Å². The molecule has 3 heteroatoms. The second-order valence-electron chi connectivity index (χ2n) is 3.59. The van der Waals surface area contributed by atoms with Gasteiger partial charge in [0, 0.05) is 0 Å². The Balaban J connectivity index is 3.97.